The van der Waals surface area contributed by atoms with Gasteiger partial charge in [0.2, 0.25) is 0 Å². The molecule has 0 radical (unpaired) electrons. The predicted octanol–water partition coefficient (Wildman–Crippen LogP) is 3.91. The molecule has 5 aromatic heterocycles. The average Bonchev–Trinajstić information content (AvgIpc) is 3.50. The summed E-state index contributed by atoms with van der Waals surface area (Å²) < 4.78 is 13.9. The van der Waals surface area contributed by atoms with E-state index in [1.54, 1.807) is 24.7 Å². The summed E-state index contributed by atoms with van der Waals surface area (Å²) in [4.78, 5) is 23.9. The zero-order chi connectivity index (χ0) is 24.2. The number of aromatic nitrogens is 7. The number of anilines is 1. The molecule has 0 unspecified atom stereocenters. The molecule has 6 heterocycles. The Hall–Kier alpha value is -4.70. The number of fused-ring (bicyclic) bond motifs is 2. The number of pyridine rings is 2. The first-order valence-corrected chi connectivity index (χ1v) is 11.5. The van der Waals surface area contributed by atoms with Crippen LogP contribution in [-0.4, -0.2) is 54.2 Å². The molecule has 1 aromatic carbocycles. The summed E-state index contributed by atoms with van der Waals surface area (Å²) in [6.07, 6.45) is 5.15. The molecule has 176 valence electrons. The summed E-state index contributed by atoms with van der Waals surface area (Å²) in [5, 5.41) is 8.45. The van der Waals surface area contributed by atoms with Gasteiger partial charge in [-0.2, -0.15) is 5.10 Å². The summed E-state index contributed by atoms with van der Waals surface area (Å²) in [6, 6.07) is 14.4. The molecular weight excluding hydrogens is 457 g/mol. The van der Waals surface area contributed by atoms with E-state index in [9.17, 15) is 4.39 Å². The van der Waals surface area contributed by atoms with Crippen LogP contribution in [0.4, 0.5) is 10.2 Å². The van der Waals surface area contributed by atoms with Crippen LogP contribution in [0.15, 0.2) is 67.1 Å². The molecule has 0 amide bonds. The van der Waals surface area contributed by atoms with Gasteiger partial charge < -0.3 is 15.6 Å². The minimum Gasteiger partial charge on any atom is -0.352 e. The maximum absolute atomic E-state index is 13.9. The van der Waals surface area contributed by atoms with Crippen LogP contribution in [0.1, 0.15) is 0 Å². The molecule has 1 aliphatic rings. The van der Waals surface area contributed by atoms with Gasteiger partial charge in [0.15, 0.2) is 0 Å². The Balaban J connectivity index is 1.31. The standard InChI is InChI=1S/C26H20FN9/c27-15-3-1-2-14(8-15)17-6-7-30-26-18(17)9-21(33-26)25-24-20(34-35-25)5-4-19(32-24)22-10-29-11-23(31-22)36-12-16(28)13-36/h1-11,16H,12-13,28H2,(H,30,33)(H,34,35). The SMILES string of the molecule is NC1CN(c2cncc(-c3ccc4[nH]nc(-c5cc6c(-c7cccc(F)c7)ccnc6[nH]5)c4n3)n2)C1. The third-order valence-corrected chi connectivity index (χ3v) is 6.45. The van der Waals surface area contributed by atoms with Crippen molar-refractivity contribution in [3.8, 4) is 33.9 Å². The quantitative estimate of drug-likeness (QED) is 0.351. The highest BCUT2D eigenvalue weighted by Gasteiger charge is 2.25. The van der Waals surface area contributed by atoms with Crippen LogP contribution in [-0.2, 0) is 0 Å². The van der Waals surface area contributed by atoms with Crippen molar-refractivity contribution >= 4 is 27.9 Å². The zero-order valence-corrected chi connectivity index (χ0v) is 19.0. The van der Waals surface area contributed by atoms with E-state index >= 15 is 0 Å². The van der Waals surface area contributed by atoms with Crippen molar-refractivity contribution in [1.82, 2.24) is 35.1 Å². The van der Waals surface area contributed by atoms with Gasteiger partial charge in [-0.05, 0) is 47.5 Å². The fraction of sp³-hybridized carbons (Fsp3) is 0.115. The van der Waals surface area contributed by atoms with E-state index in [1.807, 2.05) is 30.3 Å². The number of benzene rings is 1. The van der Waals surface area contributed by atoms with Crippen LogP contribution in [0, 0.1) is 5.82 Å². The lowest BCUT2D eigenvalue weighted by Crippen LogP contribution is -2.56. The second-order valence-corrected chi connectivity index (χ2v) is 8.91. The smallest absolute Gasteiger partial charge is 0.147 e. The Morgan fingerprint density at radius 3 is 2.78 bits per heavy atom. The number of nitrogens with zero attached hydrogens (tertiary/aromatic N) is 6. The van der Waals surface area contributed by atoms with Gasteiger partial charge in [0.1, 0.15) is 34.2 Å². The molecule has 7 rings (SSSR count). The molecule has 36 heavy (non-hydrogen) atoms. The van der Waals surface area contributed by atoms with Gasteiger partial charge in [-0.15, -0.1) is 0 Å². The Morgan fingerprint density at radius 2 is 1.92 bits per heavy atom. The molecule has 0 atom stereocenters. The first-order chi connectivity index (χ1) is 17.6. The molecule has 1 aliphatic heterocycles. The Morgan fingerprint density at radius 1 is 1.00 bits per heavy atom. The van der Waals surface area contributed by atoms with Crippen molar-refractivity contribution in [2.45, 2.75) is 6.04 Å². The van der Waals surface area contributed by atoms with E-state index in [4.69, 9.17) is 15.7 Å². The summed E-state index contributed by atoms with van der Waals surface area (Å²) in [7, 11) is 0. The van der Waals surface area contributed by atoms with Crippen LogP contribution >= 0.6 is 0 Å². The third-order valence-electron chi connectivity index (χ3n) is 6.45. The second kappa shape index (κ2) is 7.92. The molecule has 0 bridgehead atoms. The number of halogens is 1. The van der Waals surface area contributed by atoms with Gasteiger partial charge in [0, 0.05) is 30.7 Å². The Labute approximate surface area is 204 Å². The molecule has 9 nitrogen and oxygen atoms in total. The lowest BCUT2D eigenvalue weighted by Gasteiger charge is -2.37. The van der Waals surface area contributed by atoms with Crippen LogP contribution in [0.25, 0.3) is 56.0 Å². The van der Waals surface area contributed by atoms with Crippen molar-refractivity contribution in [2.24, 2.45) is 5.73 Å². The monoisotopic (exact) mass is 477 g/mol. The summed E-state index contributed by atoms with van der Waals surface area (Å²) >= 11 is 0. The number of nitrogens with two attached hydrogens (primary N) is 1. The van der Waals surface area contributed by atoms with Crippen LogP contribution in [0.5, 0.6) is 0 Å². The Kier molecular flexibility index (Phi) is 4.55. The summed E-state index contributed by atoms with van der Waals surface area (Å²) in [5.74, 6) is 0.502. The fourth-order valence-electron chi connectivity index (χ4n) is 4.62. The normalized spacial score (nSPS) is 14.0. The van der Waals surface area contributed by atoms with Crippen molar-refractivity contribution in [3.63, 3.8) is 0 Å². The first-order valence-electron chi connectivity index (χ1n) is 11.5. The molecule has 4 N–H and O–H groups in total. The molecule has 1 fully saturated rings. The lowest BCUT2D eigenvalue weighted by molar-refractivity contribution is 0.514. The maximum Gasteiger partial charge on any atom is 0.147 e. The number of hydrogen-bond acceptors (Lipinski definition) is 7. The molecule has 0 aliphatic carbocycles. The van der Waals surface area contributed by atoms with Gasteiger partial charge in [-0.25, -0.2) is 19.3 Å². The van der Waals surface area contributed by atoms with Gasteiger partial charge in [0.05, 0.1) is 29.3 Å². The van der Waals surface area contributed by atoms with Crippen molar-refractivity contribution in [1.29, 1.82) is 0 Å². The Bertz CT molecular complexity index is 1750. The van der Waals surface area contributed by atoms with E-state index in [-0.39, 0.29) is 11.9 Å². The lowest BCUT2D eigenvalue weighted by atomic mass is 10.0. The highest BCUT2D eigenvalue weighted by Crippen LogP contribution is 2.33. The molecule has 0 spiro atoms. The van der Waals surface area contributed by atoms with E-state index in [0.717, 1.165) is 46.6 Å². The molecule has 1 saturated heterocycles. The fourth-order valence-corrected chi connectivity index (χ4v) is 4.62. The van der Waals surface area contributed by atoms with Crippen LogP contribution in [0.3, 0.4) is 0 Å². The zero-order valence-electron chi connectivity index (χ0n) is 19.0. The maximum atomic E-state index is 13.9. The summed E-state index contributed by atoms with van der Waals surface area (Å²) in [6.45, 7) is 1.53. The highest BCUT2D eigenvalue weighted by molar-refractivity contribution is 5.99. The van der Waals surface area contributed by atoms with E-state index < -0.39 is 0 Å². The number of H-pyrrole nitrogens is 2. The molecule has 6 aromatic rings. The van der Waals surface area contributed by atoms with Crippen molar-refractivity contribution < 1.29 is 4.39 Å². The van der Waals surface area contributed by atoms with Gasteiger partial charge in [-0.3, -0.25) is 10.1 Å². The summed E-state index contributed by atoms with van der Waals surface area (Å²) in [5.41, 5.74) is 12.5. The van der Waals surface area contributed by atoms with E-state index in [1.165, 1.54) is 12.1 Å². The minimum absolute atomic E-state index is 0.172. The van der Waals surface area contributed by atoms with E-state index in [2.05, 4.69) is 30.0 Å². The van der Waals surface area contributed by atoms with Gasteiger partial charge in [-0.1, -0.05) is 12.1 Å². The number of aromatic amines is 2. The first kappa shape index (κ1) is 20.7. The van der Waals surface area contributed by atoms with Crippen LogP contribution < -0.4 is 10.6 Å². The molecule has 10 heteroatoms. The van der Waals surface area contributed by atoms with Crippen molar-refractivity contribution in [2.75, 3.05) is 18.0 Å². The average molecular weight is 478 g/mol. The van der Waals surface area contributed by atoms with Crippen LogP contribution in [0.2, 0.25) is 0 Å². The predicted molar refractivity (Wildman–Crippen MR) is 136 cm³/mol. The molecule has 0 saturated carbocycles. The highest BCUT2D eigenvalue weighted by atomic mass is 19.1. The molecular formula is C26H20FN9. The largest absolute Gasteiger partial charge is 0.352 e. The van der Waals surface area contributed by atoms with Gasteiger partial charge in [0.25, 0.3) is 0 Å². The van der Waals surface area contributed by atoms with Crippen molar-refractivity contribution in [3.05, 3.63) is 72.9 Å². The van der Waals surface area contributed by atoms with Gasteiger partial charge >= 0.3 is 0 Å². The number of nitrogens with one attached hydrogen (secondary N) is 2. The second-order valence-electron chi connectivity index (χ2n) is 8.91. The minimum atomic E-state index is -0.285. The number of hydrogen-bond donors (Lipinski definition) is 3. The number of rotatable bonds is 4. The third kappa shape index (κ3) is 3.38. The topological polar surface area (TPSA) is 125 Å². The van der Waals surface area contributed by atoms with E-state index in [0.29, 0.717) is 28.2 Å².